The lowest BCUT2D eigenvalue weighted by Gasteiger charge is -2.20. The minimum absolute atomic E-state index is 0.0383. The van der Waals surface area contributed by atoms with E-state index >= 15 is 52.7 Å². The molecule has 0 radical (unpaired) electrons. The molecule has 0 saturated heterocycles. The Bertz CT molecular complexity index is 1740. The fourth-order valence-corrected chi connectivity index (χ4v) is 6.10. The van der Waals surface area contributed by atoms with Crippen LogP contribution in [0.2, 0.25) is 0 Å². The van der Waals surface area contributed by atoms with E-state index in [1.54, 1.807) is 0 Å². The van der Waals surface area contributed by atoms with Crippen LogP contribution in [0.3, 0.4) is 0 Å². The van der Waals surface area contributed by atoms with E-state index in [1.165, 1.54) is 41.5 Å². The van der Waals surface area contributed by atoms with Crippen molar-refractivity contribution in [3.63, 3.8) is 0 Å². The predicted octanol–water partition coefficient (Wildman–Crippen LogP) is 13.3. The second-order valence-corrected chi connectivity index (χ2v) is 12.1. The highest BCUT2D eigenvalue weighted by Gasteiger charge is 2.34. The number of hydrogen-bond acceptors (Lipinski definition) is 0. The molecule has 0 N–H and O–H groups in total. The molecule has 4 aromatic rings. The van der Waals surface area contributed by atoms with E-state index < -0.39 is 138 Å². The molecule has 0 aromatic heterocycles. The van der Waals surface area contributed by atoms with Crippen molar-refractivity contribution in [1.29, 1.82) is 0 Å². The van der Waals surface area contributed by atoms with Gasteiger partial charge in [0.1, 0.15) is 0 Å². The van der Waals surface area contributed by atoms with Gasteiger partial charge in [-0.15, -0.1) is 0 Å². The van der Waals surface area contributed by atoms with Gasteiger partial charge < -0.3 is 0 Å². The Kier molecular flexibility index (Phi) is 11.2. The minimum Gasteiger partial charge on any atom is -0.203 e. The van der Waals surface area contributed by atoms with Gasteiger partial charge in [-0.2, -0.15) is 0 Å². The van der Waals surface area contributed by atoms with Crippen molar-refractivity contribution in [3.05, 3.63) is 105 Å². The number of rotatable bonds is 10. The number of halogens is 12. The van der Waals surface area contributed by atoms with E-state index in [0.29, 0.717) is 18.2 Å². The maximum absolute atomic E-state index is 15.7. The van der Waals surface area contributed by atoms with Crippen LogP contribution in [0.5, 0.6) is 0 Å². The van der Waals surface area contributed by atoms with E-state index in [0.717, 1.165) is 0 Å². The Morgan fingerprint density at radius 2 is 0.571 bits per heavy atom. The molecule has 0 amide bonds. The summed E-state index contributed by atoms with van der Waals surface area (Å²) in [6.07, 6.45) is 0.201. The van der Waals surface area contributed by atoms with Crippen molar-refractivity contribution < 1.29 is 52.7 Å². The molecule has 264 valence electrons. The van der Waals surface area contributed by atoms with Crippen LogP contribution in [-0.4, -0.2) is 0 Å². The Morgan fingerprint density at radius 3 is 0.776 bits per heavy atom. The van der Waals surface area contributed by atoms with Crippen LogP contribution >= 0.6 is 0 Å². The lowest BCUT2D eigenvalue weighted by molar-refractivity contribution is 0.424. The summed E-state index contributed by atoms with van der Waals surface area (Å²) in [5, 5.41) is 0. The van der Waals surface area contributed by atoms with Gasteiger partial charge in [-0.1, -0.05) is 41.5 Å². The first-order valence-electron chi connectivity index (χ1n) is 15.7. The molecule has 0 heterocycles. The molecule has 2 unspecified atom stereocenters. The van der Waals surface area contributed by atoms with Crippen LogP contribution in [0, 0.1) is 69.8 Å². The summed E-state index contributed by atoms with van der Waals surface area (Å²) in [4.78, 5) is 0. The smallest absolute Gasteiger partial charge is 0.170 e. The molecule has 49 heavy (non-hydrogen) atoms. The molecule has 0 nitrogen and oxygen atoms in total. The highest BCUT2D eigenvalue weighted by Crippen LogP contribution is 2.44. The van der Waals surface area contributed by atoms with Gasteiger partial charge in [-0.3, -0.25) is 0 Å². The van der Waals surface area contributed by atoms with Crippen molar-refractivity contribution in [2.45, 2.75) is 85.0 Å². The van der Waals surface area contributed by atoms with Crippen molar-refractivity contribution in [3.8, 4) is 33.4 Å². The second kappa shape index (κ2) is 14.5. The quantitative estimate of drug-likeness (QED) is 0.114. The van der Waals surface area contributed by atoms with Crippen LogP contribution in [0.1, 0.15) is 102 Å². The zero-order chi connectivity index (χ0) is 36.8. The fraction of sp³-hybridized carbons (Fsp3) is 0.351. The van der Waals surface area contributed by atoms with Gasteiger partial charge in [0, 0.05) is 16.7 Å². The van der Waals surface area contributed by atoms with Gasteiger partial charge in [0.2, 0.25) is 0 Å². The van der Waals surface area contributed by atoms with Gasteiger partial charge in [0.05, 0.1) is 16.7 Å². The molecular weight excluding hydrogens is 672 g/mol. The Hall–Kier alpha value is -3.96. The SMILES string of the molecule is CCC(C)c1c(F)c(F)c(-c2cc(-c3c(F)c(F)c(C(C)CC)c(F)c3F)cc(-c3c(F)c(F)c(C(CC)CC)c(F)c3F)c2)c(F)c1F. The van der Waals surface area contributed by atoms with Gasteiger partial charge >= 0.3 is 0 Å². The average molecular weight is 705 g/mol. The predicted molar refractivity (Wildman–Crippen MR) is 163 cm³/mol. The van der Waals surface area contributed by atoms with E-state index in [-0.39, 0.29) is 25.7 Å². The van der Waals surface area contributed by atoms with Crippen LogP contribution in [0.15, 0.2) is 18.2 Å². The van der Waals surface area contributed by atoms with Crippen molar-refractivity contribution >= 4 is 0 Å². The lowest BCUT2D eigenvalue weighted by Crippen LogP contribution is -2.11. The van der Waals surface area contributed by atoms with Crippen molar-refractivity contribution in [1.82, 2.24) is 0 Å². The van der Waals surface area contributed by atoms with Crippen LogP contribution in [0.25, 0.3) is 33.4 Å². The first-order chi connectivity index (χ1) is 23.0. The first kappa shape index (κ1) is 37.9. The normalized spacial score (nSPS) is 13.0. The highest BCUT2D eigenvalue weighted by atomic mass is 19.2. The molecule has 12 heteroatoms. The maximum Gasteiger partial charge on any atom is 0.170 e. The molecule has 0 saturated carbocycles. The fourth-order valence-electron chi connectivity index (χ4n) is 6.10. The van der Waals surface area contributed by atoms with Gasteiger partial charge in [0.15, 0.2) is 69.8 Å². The summed E-state index contributed by atoms with van der Waals surface area (Å²) in [6.45, 7) is 8.52. The molecule has 0 aliphatic heterocycles. The maximum atomic E-state index is 15.7. The second-order valence-electron chi connectivity index (χ2n) is 12.1. The molecular formula is C37H32F12. The first-order valence-corrected chi connectivity index (χ1v) is 15.7. The van der Waals surface area contributed by atoms with Crippen LogP contribution in [0.4, 0.5) is 52.7 Å². The topological polar surface area (TPSA) is 0 Å². The summed E-state index contributed by atoms with van der Waals surface area (Å²) in [6, 6.07) is 1.41. The summed E-state index contributed by atoms with van der Waals surface area (Å²) < 4.78 is 186. The summed E-state index contributed by atoms with van der Waals surface area (Å²) >= 11 is 0. The summed E-state index contributed by atoms with van der Waals surface area (Å²) in [7, 11) is 0. The largest absolute Gasteiger partial charge is 0.203 e. The number of benzene rings is 4. The third kappa shape index (κ3) is 6.20. The molecule has 4 rings (SSSR count). The minimum atomic E-state index is -2.02. The molecule has 0 aliphatic rings. The Balaban J connectivity index is 2.21. The van der Waals surface area contributed by atoms with E-state index in [1.807, 2.05) is 0 Å². The monoisotopic (exact) mass is 704 g/mol. The van der Waals surface area contributed by atoms with Crippen LogP contribution in [-0.2, 0) is 0 Å². The van der Waals surface area contributed by atoms with Crippen molar-refractivity contribution in [2.75, 3.05) is 0 Å². The highest BCUT2D eigenvalue weighted by molar-refractivity contribution is 5.83. The van der Waals surface area contributed by atoms with Crippen LogP contribution < -0.4 is 0 Å². The van der Waals surface area contributed by atoms with Gasteiger partial charge in [-0.05, 0) is 78.3 Å². The summed E-state index contributed by atoms with van der Waals surface area (Å²) in [5.41, 5.74) is -10.6. The summed E-state index contributed by atoms with van der Waals surface area (Å²) in [5.74, 6) is -26.3. The molecule has 4 aromatic carbocycles. The lowest BCUT2D eigenvalue weighted by atomic mass is 9.87. The molecule has 0 fully saturated rings. The van der Waals surface area contributed by atoms with Gasteiger partial charge in [0.25, 0.3) is 0 Å². The average Bonchev–Trinajstić information content (AvgIpc) is 3.07. The Morgan fingerprint density at radius 1 is 0.347 bits per heavy atom. The van der Waals surface area contributed by atoms with E-state index in [2.05, 4.69) is 0 Å². The van der Waals surface area contributed by atoms with E-state index in [9.17, 15) is 0 Å². The van der Waals surface area contributed by atoms with E-state index in [4.69, 9.17) is 0 Å². The molecule has 0 bridgehead atoms. The Labute approximate surface area is 275 Å². The zero-order valence-electron chi connectivity index (χ0n) is 27.3. The zero-order valence-corrected chi connectivity index (χ0v) is 27.3. The van der Waals surface area contributed by atoms with Gasteiger partial charge in [-0.25, -0.2) is 52.7 Å². The molecule has 0 spiro atoms. The number of hydrogen-bond donors (Lipinski definition) is 0. The van der Waals surface area contributed by atoms with Crippen molar-refractivity contribution in [2.24, 2.45) is 0 Å². The molecule has 0 aliphatic carbocycles. The standard InChI is InChI=1S/C37H32F12/c1-7-14(5)20-26(38)32(44)23(33(45)27(20)39)17-11-18(24-34(46)28(40)21(15(6)8-2)29(41)35(24)47)13-19(12-17)25-36(48)30(42)22(16(9-3)10-4)31(43)37(25)49/h11-16H,7-10H2,1-6H3. The molecule has 2 atom stereocenters. The third-order valence-corrected chi connectivity index (χ3v) is 9.30. The third-order valence-electron chi connectivity index (χ3n) is 9.30.